The minimum Gasteiger partial charge on any atom is -0.467 e. The molecule has 0 saturated carbocycles. The first-order valence-electron chi connectivity index (χ1n) is 11.3. The van der Waals surface area contributed by atoms with Gasteiger partial charge in [-0.25, -0.2) is 4.39 Å². The number of hydrogen-bond donors (Lipinski definition) is 2. The third kappa shape index (κ3) is 5.96. The lowest BCUT2D eigenvalue weighted by Crippen LogP contribution is -2.39. The third-order valence-corrected chi connectivity index (χ3v) is 5.95. The van der Waals surface area contributed by atoms with Gasteiger partial charge in [0.05, 0.1) is 7.11 Å². The van der Waals surface area contributed by atoms with Crippen molar-refractivity contribution in [1.82, 2.24) is 19.9 Å². The van der Waals surface area contributed by atoms with E-state index in [0.29, 0.717) is 11.9 Å². The van der Waals surface area contributed by atoms with Crippen molar-refractivity contribution < 1.29 is 9.13 Å². The predicted molar refractivity (Wildman–Crippen MR) is 129 cm³/mol. The summed E-state index contributed by atoms with van der Waals surface area (Å²) in [6.07, 6.45) is 1.93. The first-order chi connectivity index (χ1) is 15.9. The van der Waals surface area contributed by atoms with E-state index in [1.165, 1.54) is 17.7 Å². The third-order valence-electron chi connectivity index (χ3n) is 5.95. The maximum atomic E-state index is 13.1. The molecule has 0 aliphatic carbocycles. The van der Waals surface area contributed by atoms with Gasteiger partial charge in [0.2, 0.25) is 11.9 Å². The van der Waals surface area contributed by atoms with Gasteiger partial charge in [0.1, 0.15) is 5.82 Å². The van der Waals surface area contributed by atoms with Gasteiger partial charge in [0.15, 0.2) is 0 Å². The summed E-state index contributed by atoms with van der Waals surface area (Å²) in [6.45, 7) is 8.95. The maximum Gasteiger partial charge on any atom is 0.322 e. The normalized spacial score (nSPS) is 14.8. The summed E-state index contributed by atoms with van der Waals surface area (Å²) in [5.74, 6) is 0.757. The summed E-state index contributed by atoms with van der Waals surface area (Å²) in [5, 5.41) is 6.79. The van der Waals surface area contributed by atoms with Crippen LogP contribution in [0.3, 0.4) is 0 Å². The minimum absolute atomic E-state index is 0.198. The Bertz CT molecular complexity index is 1070. The molecule has 0 amide bonds. The van der Waals surface area contributed by atoms with E-state index in [1.54, 1.807) is 7.11 Å². The van der Waals surface area contributed by atoms with Crippen LogP contribution in [0.4, 0.5) is 22.0 Å². The monoisotopic (exact) mass is 450 g/mol. The molecule has 1 aliphatic heterocycles. The Kier molecular flexibility index (Phi) is 7.03. The number of benzene rings is 2. The van der Waals surface area contributed by atoms with Gasteiger partial charge in [0.25, 0.3) is 0 Å². The molecule has 2 heterocycles. The molecule has 33 heavy (non-hydrogen) atoms. The maximum absolute atomic E-state index is 13.1. The first kappa shape index (κ1) is 22.9. The average molecular weight is 451 g/mol. The SMILES string of the molecule is COc1nc(Nc2c(C)cc(C)cc2C)nc(NC2CCN(Cc3ccc(F)cc3)CC2)n1. The van der Waals surface area contributed by atoms with Crippen molar-refractivity contribution in [3.8, 4) is 6.01 Å². The number of anilines is 3. The van der Waals surface area contributed by atoms with Gasteiger partial charge in [0, 0.05) is 31.4 Å². The molecule has 0 spiro atoms. The molecule has 4 rings (SSSR count). The molecule has 2 aromatic carbocycles. The lowest BCUT2D eigenvalue weighted by Gasteiger charge is -2.32. The van der Waals surface area contributed by atoms with Gasteiger partial charge in [-0.1, -0.05) is 29.8 Å². The Morgan fingerprint density at radius 3 is 2.24 bits per heavy atom. The Hall–Kier alpha value is -3.26. The van der Waals surface area contributed by atoms with Crippen LogP contribution in [0.5, 0.6) is 6.01 Å². The number of aromatic nitrogens is 3. The highest BCUT2D eigenvalue weighted by Gasteiger charge is 2.21. The zero-order valence-electron chi connectivity index (χ0n) is 19.7. The van der Waals surface area contributed by atoms with Crippen molar-refractivity contribution in [1.29, 1.82) is 0 Å². The topological polar surface area (TPSA) is 75.2 Å². The highest BCUT2D eigenvalue weighted by Crippen LogP contribution is 2.26. The van der Waals surface area contributed by atoms with Crippen LogP contribution < -0.4 is 15.4 Å². The van der Waals surface area contributed by atoms with Crippen LogP contribution in [-0.4, -0.2) is 46.1 Å². The fourth-order valence-electron chi connectivity index (χ4n) is 4.32. The number of hydrogen-bond acceptors (Lipinski definition) is 7. The summed E-state index contributed by atoms with van der Waals surface area (Å²) in [7, 11) is 1.55. The van der Waals surface area contributed by atoms with Crippen molar-refractivity contribution in [2.45, 2.75) is 46.2 Å². The van der Waals surface area contributed by atoms with E-state index < -0.39 is 0 Å². The van der Waals surface area contributed by atoms with Gasteiger partial charge in [-0.15, -0.1) is 0 Å². The van der Waals surface area contributed by atoms with Gasteiger partial charge in [-0.05, 0) is 62.4 Å². The number of rotatable bonds is 7. The second kappa shape index (κ2) is 10.1. The molecule has 0 atom stereocenters. The van der Waals surface area contributed by atoms with E-state index in [9.17, 15) is 4.39 Å². The zero-order chi connectivity index (χ0) is 23.4. The molecule has 7 nitrogen and oxygen atoms in total. The van der Waals surface area contributed by atoms with Crippen molar-refractivity contribution in [2.24, 2.45) is 0 Å². The predicted octanol–water partition coefficient (Wildman–Crippen LogP) is 4.76. The number of methoxy groups -OCH3 is 1. The fourth-order valence-corrected chi connectivity index (χ4v) is 4.32. The molecular weight excluding hydrogens is 419 g/mol. The van der Waals surface area contributed by atoms with Crippen LogP contribution >= 0.6 is 0 Å². The second-order valence-electron chi connectivity index (χ2n) is 8.69. The van der Waals surface area contributed by atoms with Crippen LogP contribution in [0.25, 0.3) is 0 Å². The minimum atomic E-state index is -0.198. The lowest BCUT2D eigenvalue weighted by molar-refractivity contribution is 0.211. The molecule has 2 N–H and O–H groups in total. The highest BCUT2D eigenvalue weighted by atomic mass is 19.1. The molecule has 174 valence electrons. The van der Waals surface area contributed by atoms with Crippen LogP contribution in [-0.2, 0) is 6.54 Å². The molecule has 1 fully saturated rings. The molecule has 1 aliphatic rings. The van der Waals surface area contributed by atoms with Crippen molar-refractivity contribution in [3.63, 3.8) is 0 Å². The number of halogens is 1. The van der Waals surface area contributed by atoms with E-state index in [0.717, 1.165) is 54.9 Å². The molecule has 1 aromatic heterocycles. The van der Waals surface area contributed by atoms with Crippen molar-refractivity contribution in [3.05, 3.63) is 64.5 Å². The number of nitrogens with zero attached hydrogens (tertiary/aromatic N) is 4. The van der Waals surface area contributed by atoms with Crippen LogP contribution in [0.2, 0.25) is 0 Å². The fraction of sp³-hybridized carbons (Fsp3) is 0.400. The Morgan fingerprint density at radius 1 is 0.970 bits per heavy atom. The van der Waals surface area contributed by atoms with Crippen LogP contribution in [0, 0.1) is 26.6 Å². The molecule has 0 unspecified atom stereocenters. The Balaban J connectivity index is 1.40. The quantitative estimate of drug-likeness (QED) is 0.537. The Labute approximate surface area is 194 Å². The van der Waals surface area contributed by atoms with E-state index in [1.807, 2.05) is 12.1 Å². The number of nitrogens with one attached hydrogen (secondary N) is 2. The highest BCUT2D eigenvalue weighted by molar-refractivity contribution is 5.64. The largest absolute Gasteiger partial charge is 0.467 e. The average Bonchev–Trinajstić information content (AvgIpc) is 2.79. The number of likely N-dealkylation sites (tertiary alicyclic amines) is 1. The van der Waals surface area contributed by atoms with Gasteiger partial charge in [-0.2, -0.15) is 15.0 Å². The van der Waals surface area contributed by atoms with Crippen LogP contribution in [0.1, 0.15) is 35.1 Å². The number of piperidine rings is 1. The van der Waals surface area contributed by atoms with Crippen molar-refractivity contribution >= 4 is 17.6 Å². The Morgan fingerprint density at radius 2 is 1.61 bits per heavy atom. The first-order valence-corrected chi connectivity index (χ1v) is 11.3. The molecule has 0 bridgehead atoms. The van der Waals surface area contributed by atoms with Gasteiger partial charge >= 0.3 is 6.01 Å². The van der Waals surface area contributed by atoms with Crippen LogP contribution in [0.15, 0.2) is 36.4 Å². The summed E-state index contributed by atoms with van der Waals surface area (Å²) >= 11 is 0. The summed E-state index contributed by atoms with van der Waals surface area (Å²) in [4.78, 5) is 15.8. The standard InChI is InChI=1S/C25H31FN6O/c1-16-13-17(2)22(18(3)14-16)28-24-29-23(30-25(31-24)33-4)27-21-9-11-32(12-10-21)15-19-5-7-20(26)8-6-19/h5-8,13-14,21H,9-12,15H2,1-4H3,(H2,27,28,29,30,31). The van der Waals surface area contributed by atoms with Gasteiger partial charge < -0.3 is 15.4 Å². The molecular formula is C25H31FN6O. The zero-order valence-corrected chi connectivity index (χ0v) is 19.7. The smallest absolute Gasteiger partial charge is 0.322 e. The number of aryl methyl sites for hydroxylation is 3. The van der Waals surface area contributed by atoms with E-state index in [2.05, 4.69) is 63.4 Å². The number of ether oxygens (including phenoxy) is 1. The van der Waals surface area contributed by atoms with E-state index in [-0.39, 0.29) is 17.9 Å². The second-order valence-corrected chi connectivity index (χ2v) is 8.69. The van der Waals surface area contributed by atoms with E-state index >= 15 is 0 Å². The molecule has 0 radical (unpaired) electrons. The summed E-state index contributed by atoms with van der Waals surface area (Å²) in [5.41, 5.74) is 5.61. The lowest BCUT2D eigenvalue weighted by atomic mass is 10.0. The van der Waals surface area contributed by atoms with Crippen molar-refractivity contribution in [2.75, 3.05) is 30.8 Å². The summed E-state index contributed by atoms with van der Waals surface area (Å²) < 4.78 is 18.4. The molecule has 3 aromatic rings. The summed E-state index contributed by atoms with van der Waals surface area (Å²) in [6, 6.07) is 11.5. The molecule has 1 saturated heterocycles. The van der Waals surface area contributed by atoms with Gasteiger partial charge in [-0.3, -0.25) is 4.90 Å². The van der Waals surface area contributed by atoms with E-state index in [4.69, 9.17) is 4.74 Å². The molecule has 8 heteroatoms.